The van der Waals surface area contributed by atoms with Crippen molar-refractivity contribution in [2.24, 2.45) is 10.8 Å². The van der Waals surface area contributed by atoms with Gasteiger partial charge in [0.05, 0.1) is 7.11 Å². The van der Waals surface area contributed by atoms with Crippen LogP contribution in [0.2, 0.25) is 0 Å². The van der Waals surface area contributed by atoms with Crippen LogP contribution in [0.4, 0.5) is 0 Å². The number of Topliss-reactive ketones (excluding diaryl/α,β-unsaturated/α-hetero) is 2. The van der Waals surface area contributed by atoms with E-state index in [-0.39, 0.29) is 22.4 Å². The summed E-state index contributed by atoms with van der Waals surface area (Å²) in [6.45, 7) is 13.1. The van der Waals surface area contributed by atoms with Crippen molar-refractivity contribution in [2.45, 2.75) is 72.1 Å². The molecule has 0 saturated carbocycles. The van der Waals surface area contributed by atoms with Gasteiger partial charge in [-0.2, -0.15) is 0 Å². The molecule has 0 radical (unpaired) electrons. The minimum atomic E-state index is -1.10. The molecule has 0 spiro atoms. The summed E-state index contributed by atoms with van der Waals surface area (Å²) in [7, 11) is 3.18. The Kier molecular flexibility index (Phi) is 8.83. The molecule has 0 fully saturated rings. The van der Waals surface area contributed by atoms with Gasteiger partial charge in [0.1, 0.15) is 0 Å². The van der Waals surface area contributed by atoms with Crippen LogP contribution in [0.1, 0.15) is 76.8 Å². The Morgan fingerprint density at radius 1 is 1.02 bits per heavy atom. The number of ether oxygens (including phenoxy) is 3. The van der Waals surface area contributed by atoms with E-state index in [1.54, 1.807) is 19.3 Å². The fourth-order valence-corrected chi connectivity index (χ4v) is 6.62. The van der Waals surface area contributed by atoms with E-state index in [0.29, 0.717) is 60.6 Å². The van der Waals surface area contributed by atoms with Crippen LogP contribution in [0.3, 0.4) is 0 Å². The average Bonchev–Trinajstić information content (AvgIpc) is 2.86. The van der Waals surface area contributed by atoms with Crippen LogP contribution in [-0.2, 0) is 25.5 Å². The predicted molar refractivity (Wildman–Crippen MR) is 156 cm³/mol. The van der Waals surface area contributed by atoms with Crippen LogP contribution < -0.4 is 9.47 Å². The van der Waals surface area contributed by atoms with Gasteiger partial charge < -0.3 is 24.2 Å². The van der Waals surface area contributed by atoms with Gasteiger partial charge in [0.15, 0.2) is 29.7 Å². The summed E-state index contributed by atoms with van der Waals surface area (Å²) in [5.74, 6) is -0.852. The monoisotopic (exact) mass is 565 g/mol. The number of carboxylic acids is 1. The maximum Gasteiger partial charge on any atom is 0.341 e. The second-order valence-corrected chi connectivity index (χ2v) is 12.9. The fraction of sp³-hybridized carbons (Fsp3) is 0.545. The SMILES string of the molecule is C=CCc1cc(C2C3=C(CC(C)(C)CC3=O)N(CCCOC)C3=C2C(=O)CC(C)(C)C3)cc(OC)c1OCC(=O)O. The Bertz CT molecular complexity index is 1260. The lowest BCUT2D eigenvalue weighted by molar-refractivity contribution is -0.139. The fourth-order valence-electron chi connectivity index (χ4n) is 6.62. The van der Waals surface area contributed by atoms with E-state index in [2.05, 4.69) is 39.2 Å². The first-order valence-electron chi connectivity index (χ1n) is 14.3. The van der Waals surface area contributed by atoms with E-state index in [9.17, 15) is 19.5 Å². The number of carbonyl (C=O) groups excluding carboxylic acids is 2. The highest BCUT2D eigenvalue weighted by atomic mass is 16.5. The average molecular weight is 566 g/mol. The number of nitrogens with zero attached hydrogens (tertiary/aromatic N) is 1. The molecular formula is C33H43NO7. The number of ketones is 2. The Balaban J connectivity index is 1.99. The van der Waals surface area contributed by atoms with Gasteiger partial charge in [-0.1, -0.05) is 39.8 Å². The molecular weight excluding hydrogens is 522 g/mol. The van der Waals surface area contributed by atoms with Crippen molar-refractivity contribution >= 4 is 17.5 Å². The number of rotatable bonds is 11. The minimum absolute atomic E-state index is 0.0533. The number of aliphatic carboxylic acids is 1. The second-order valence-electron chi connectivity index (χ2n) is 12.9. The van der Waals surface area contributed by atoms with E-state index in [4.69, 9.17) is 14.2 Å². The van der Waals surface area contributed by atoms with Gasteiger partial charge in [-0.25, -0.2) is 4.79 Å². The van der Waals surface area contributed by atoms with Crippen LogP contribution in [0.5, 0.6) is 11.5 Å². The molecule has 1 N–H and O–H groups in total. The molecule has 8 nitrogen and oxygen atoms in total. The minimum Gasteiger partial charge on any atom is -0.493 e. The molecule has 4 rings (SSSR count). The Morgan fingerprint density at radius 2 is 1.61 bits per heavy atom. The van der Waals surface area contributed by atoms with Crippen molar-refractivity contribution in [3.05, 3.63) is 58.5 Å². The molecule has 1 heterocycles. The second kappa shape index (κ2) is 11.8. The van der Waals surface area contributed by atoms with Gasteiger partial charge in [0.25, 0.3) is 0 Å². The predicted octanol–water partition coefficient (Wildman–Crippen LogP) is 5.61. The molecule has 0 aromatic heterocycles. The van der Waals surface area contributed by atoms with Crippen molar-refractivity contribution in [3.63, 3.8) is 0 Å². The third-order valence-electron chi connectivity index (χ3n) is 8.16. The normalized spacial score (nSPS) is 20.1. The first-order chi connectivity index (χ1) is 19.3. The summed E-state index contributed by atoms with van der Waals surface area (Å²) in [4.78, 5) is 41.6. The number of methoxy groups -OCH3 is 2. The van der Waals surface area contributed by atoms with Gasteiger partial charge in [-0.05, 0) is 48.1 Å². The molecule has 0 saturated heterocycles. The van der Waals surface area contributed by atoms with Crippen LogP contribution in [0.25, 0.3) is 0 Å². The highest BCUT2D eigenvalue weighted by Gasteiger charge is 2.49. The quantitative estimate of drug-likeness (QED) is 0.273. The zero-order valence-electron chi connectivity index (χ0n) is 25.2. The van der Waals surface area contributed by atoms with E-state index in [1.807, 2.05) is 6.07 Å². The number of carboxylic acid groups (broad SMARTS) is 1. The van der Waals surface area contributed by atoms with Crippen molar-refractivity contribution in [1.82, 2.24) is 4.90 Å². The lowest BCUT2D eigenvalue weighted by Gasteiger charge is -2.49. The number of hydrogen-bond acceptors (Lipinski definition) is 7. The van der Waals surface area contributed by atoms with Crippen molar-refractivity contribution in [1.29, 1.82) is 0 Å². The highest BCUT2D eigenvalue weighted by molar-refractivity contribution is 6.06. The lowest BCUT2D eigenvalue weighted by atomic mass is 9.63. The van der Waals surface area contributed by atoms with Crippen LogP contribution in [-0.4, -0.2) is 61.5 Å². The van der Waals surface area contributed by atoms with Gasteiger partial charge in [-0.15, -0.1) is 6.58 Å². The number of allylic oxidation sites excluding steroid dienone is 5. The van der Waals surface area contributed by atoms with E-state index >= 15 is 0 Å². The van der Waals surface area contributed by atoms with E-state index in [1.165, 1.54) is 7.11 Å². The molecule has 1 aromatic carbocycles. The molecule has 2 aliphatic carbocycles. The van der Waals surface area contributed by atoms with Crippen LogP contribution >= 0.6 is 0 Å². The molecule has 41 heavy (non-hydrogen) atoms. The molecule has 1 aromatic rings. The van der Waals surface area contributed by atoms with E-state index < -0.39 is 18.5 Å². The molecule has 0 atom stereocenters. The molecule has 222 valence electrons. The molecule has 1 aliphatic heterocycles. The summed E-state index contributed by atoms with van der Waals surface area (Å²) in [6, 6.07) is 3.71. The third-order valence-corrected chi connectivity index (χ3v) is 8.16. The van der Waals surface area contributed by atoms with Crippen LogP contribution in [0.15, 0.2) is 47.3 Å². The zero-order valence-corrected chi connectivity index (χ0v) is 25.2. The maximum absolute atomic E-state index is 14.0. The number of hydrogen-bond donors (Lipinski definition) is 1. The van der Waals surface area contributed by atoms with Crippen molar-refractivity contribution in [3.8, 4) is 11.5 Å². The van der Waals surface area contributed by atoms with Crippen LogP contribution in [0, 0.1) is 10.8 Å². The Morgan fingerprint density at radius 3 is 2.10 bits per heavy atom. The number of benzene rings is 1. The summed E-state index contributed by atoms with van der Waals surface area (Å²) in [6.07, 6.45) is 5.11. The Hall–Kier alpha value is -3.39. The first-order valence-corrected chi connectivity index (χ1v) is 14.3. The maximum atomic E-state index is 14.0. The first kappa shape index (κ1) is 30.6. The molecule has 0 unspecified atom stereocenters. The van der Waals surface area contributed by atoms with Crippen molar-refractivity contribution in [2.75, 3.05) is 34.0 Å². The lowest BCUT2D eigenvalue weighted by Crippen LogP contribution is -2.44. The zero-order chi connectivity index (χ0) is 30.1. The smallest absolute Gasteiger partial charge is 0.341 e. The van der Waals surface area contributed by atoms with E-state index in [0.717, 1.165) is 36.2 Å². The summed E-state index contributed by atoms with van der Waals surface area (Å²) in [5, 5.41) is 9.24. The van der Waals surface area contributed by atoms with Gasteiger partial charge in [0, 0.05) is 67.1 Å². The Labute approximate surface area is 243 Å². The van der Waals surface area contributed by atoms with Gasteiger partial charge in [-0.3, -0.25) is 9.59 Å². The molecule has 0 bridgehead atoms. The molecule has 3 aliphatic rings. The van der Waals surface area contributed by atoms with Gasteiger partial charge in [0.2, 0.25) is 0 Å². The van der Waals surface area contributed by atoms with Gasteiger partial charge >= 0.3 is 5.97 Å². The third kappa shape index (κ3) is 6.27. The largest absolute Gasteiger partial charge is 0.493 e. The summed E-state index contributed by atoms with van der Waals surface area (Å²) in [5.41, 5.74) is 4.37. The highest BCUT2D eigenvalue weighted by Crippen LogP contribution is 2.55. The standard InChI is InChI=1S/C33H43NO7/c1-8-10-20-13-21(14-26(40-7)31(20)41-19-27(37)38)28-29-22(15-32(2,3)17-24(29)35)34(11-9-12-39-6)23-16-33(4,5)18-25(36)30(23)28/h8,13-14,28H,1,9-12,15-19H2,2-7H3,(H,37,38). The summed E-state index contributed by atoms with van der Waals surface area (Å²) >= 11 is 0. The topological polar surface area (TPSA) is 102 Å². The summed E-state index contributed by atoms with van der Waals surface area (Å²) < 4.78 is 16.7. The van der Waals surface area contributed by atoms with Crippen molar-refractivity contribution < 1.29 is 33.7 Å². The molecule has 0 amide bonds. The molecule has 8 heteroatoms. The number of carbonyl (C=O) groups is 3.